The predicted molar refractivity (Wildman–Crippen MR) is 117 cm³/mol. The van der Waals surface area contributed by atoms with Gasteiger partial charge >= 0.3 is 0 Å². The first-order chi connectivity index (χ1) is 15.3. The fourth-order valence-electron chi connectivity index (χ4n) is 3.43. The van der Waals surface area contributed by atoms with Crippen molar-refractivity contribution in [3.05, 3.63) is 80.1 Å². The Labute approximate surface area is 181 Å². The van der Waals surface area contributed by atoms with Crippen LogP contribution in [-0.4, -0.2) is 26.7 Å². The van der Waals surface area contributed by atoms with Crippen molar-refractivity contribution in [2.75, 3.05) is 16.0 Å². The number of nitrogens with zero attached hydrogens (tertiary/aromatic N) is 2. The van der Waals surface area contributed by atoms with Crippen LogP contribution in [0.2, 0.25) is 0 Å². The van der Waals surface area contributed by atoms with Crippen molar-refractivity contribution in [3.8, 4) is 0 Å². The number of amides is 2. The molecule has 2 amide bonds. The van der Waals surface area contributed by atoms with E-state index in [2.05, 4.69) is 25.9 Å². The van der Waals surface area contributed by atoms with Gasteiger partial charge in [0.25, 0.3) is 11.2 Å². The van der Waals surface area contributed by atoms with Crippen molar-refractivity contribution in [2.45, 2.75) is 19.3 Å². The number of carbonyl (C=O) groups excluding carboxylic acids is 2. The molecule has 0 fully saturated rings. The van der Waals surface area contributed by atoms with Crippen molar-refractivity contribution < 1.29 is 14.5 Å². The zero-order valence-corrected chi connectivity index (χ0v) is 16.8. The number of H-pyrrole nitrogens is 1. The van der Waals surface area contributed by atoms with Crippen molar-refractivity contribution in [2.24, 2.45) is 0 Å². The van der Waals surface area contributed by atoms with Gasteiger partial charge < -0.3 is 16.0 Å². The topological polar surface area (TPSA) is 159 Å². The Morgan fingerprint density at radius 2 is 1.91 bits per heavy atom. The standard InChI is InChI=1S/C21H18N6O5/c1-11-7-8-13(9-15(11)27(31)32)22-19(29)14-10-16(28)24-18-17(14)20(30)26-21(25-18)23-12-5-3-2-4-6-12/h2-9,14H,10H2,1H3,(H,22,29)(H3,23,24,25,26,28,30). The van der Waals surface area contributed by atoms with Crippen LogP contribution in [-0.2, 0) is 9.59 Å². The average Bonchev–Trinajstić information content (AvgIpc) is 2.74. The number of aromatic nitrogens is 2. The summed E-state index contributed by atoms with van der Waals surface area (Å²) in [6.45, 7) is 1.58. The number of nitro benzene ring substituents is 1. The van der Waals surface area contributed by atoms with Crippen LogP contribution in [0.5, 0.6) is 0 Å². The highest BCUT2D eigenvalue weighted by Crippen LogP contribution is 2.31. The second-order valence-electron chi connectivity index (χ2n) is 7.22. The number of carbonyl (C=O) groups is 2. The van der Waals surface area contributed by atoms with Crippen molar-refractivity contribution >= 4 is 40.6 Å². The molecule has 11 heteroatoms. The minimum Gasteiger partial charge on any atom is -0.326 e. The SMILES string of the molecule is Cc1ccc(NC(=O)C2CC(=O)Nc3nc(Nc4ccccc4)[nH]c(=O)c32)cc1[N+](=O)[O-]. The van der Waals surface area contributed by atoms with Crippen LogP contribution in [0.15, 0.2) is 53.3 Å². The Balaban J connectivity index is 1.63. The van der Waals surface area contributed by atoms with Gasteiger partial charge in [0.15, 0.2) is 0 Å². The summed E-state index contributed by atoms with van der Waals surface area (Å²) in [5.41, 5.74) is 0.584. The number of aromatic amines is 1. The van der Waals surface area contributed by atoms with Gasteiger partial charge in [-0.05, 0) is 25.1 Å². The van der Waals surface area contributed by atoms with Gasteiger partial charge in [0, 0.05) is 29.4 Å². The van der Waals surface area contributed by atoms with E-state index in [0.717, 1.165) is 0 Å². The monoisotopic (exact) mass is 434 g/mol. The number of nitrogens with one attached hydrogen (secondary N) is 4. The molecule has 162 valence electrons. The molecule has 0 bridgehead atoms. The van der Waals surface area contributed by atoms with E-state index in [1.165, 1.54) is 18.2 Å². The molecule has 1 aromatic heterocycles. The third-order valence-electron chi connectivity index (χ3n) is 4.98. The van der Waals surface area contributed by atoms with E-state index in [-0.39, 0.29) is 35.1 Å². The normalized spacial score (nSPS) is 14.8. The lowest BCUT2D eigenvalue weighted by Crippen LogP contribution is -2.36. The molecule has 11 nitrogen and oxygen atoms in total. The summed E-state index contributed by atoms with van der Waals surface area (Å²) >= 11 is 0. The highest BCUT2D eigenvalue weighted by molar-refractivity contribution is 6.04. The predicted octanol–water partition coefficient (Wildman–Crippen LogP) is 2.79. The molecule has 2 aromatic carbocycles. The molecule has 1 atom stereocenters. The first-order valence-electron chi connectivity index (χ1n) is 9.64. The van der Waals surface area contributed by atoms with Crippen molar-refractivity contribution in [1.29, 1.82) is 0 Å². The molecule has 0 aliphatic carbocycles. The summed E-state index contributed by atoms with van der Waals surface area (Å²) < 4.78 is 0. The number of anilines is 4. The zero-order valence-electron chi connectivity index (χ0n) is 16.8. The minimum absolute atomic E-state index is 0.0153. The molecule has 0 spiro atoms. The van der Waals surface area contributed by atoms with Gasteiger partial charge in [-0.2, -0.15) is 4.98 Å². The molecule has 1 aliphatic heterocycles. The fourth-order valence-corrected chi connectivity index (χ4v) is 3.43. The van der Waals surface area contributed by atoms with Crippen LogP contribution in [0.1, 0.15) is 23.5 Å². The van der Waals surface area contributed by atoms with Crippen molar-refractivity contribution in [1.82, 2.24) is 9.97 Å². The third kappa shape index (κ3) is 4.17. The maximum absolute atomic E-state index is 12.9. The molecule has 3 aromatic rings. The van der Waals surface area contributed by atoms with Crippen LogP contribution in [0.25, 0.3) is 0 Å². The van der Waals surface area contributed by atoms with Gasteiger partial charge in [-0.15, -0.1) is 0 Å². The van der Waals surface area contributed by atoms with Crippen LogP contribution in [0, 0.1) is 17.0 Å². The minimum atomic E-state index is -1.11. The molecule has 0 saturated heterocycles. The number of para-hydroxylation sites is 1. The fraction of sp³-hybridized carbons (Fsp3) is 0.143. The summed E-state index contributed by atoms with van der Waals surface area (Å²) in [5.74, 6) is -2.14. The number of hydrogen-bond donors (Lipinski definition) is 4. The molecular weight excluding hydrogens is 416 g/mol. The maximum atomic E-state index is 12.9. The van der Waals surface area contributed by atoms with Gasteiger partial charge in [-0.3, -0.25) is 29.5 Å². The molecule has 1 unspecified atom stereocenters. The molecule has 0 radical (unpaired) electrons. The number of aryl methyl sites for hydroxylation is 1. The number of fused-ring (bicyclic) bond motifs is 1. The summed E-state index contributed by atoms with van der Waals surface area (Å²) in [4.78, 5) is 55.3. The quantitative estimate of drug-likeness (QED) is 0.355. The molecular formula is C21H18N6O5. The third-order valence-corrected chi connectivity index (χ3v) is 4.98. The van der Waals surface area contributed by atoms with E-state index in [4.69, 9.17) is 0 Å². The number of benzene rings is 2. The molecule has 1 aliphatic rings. The smallest absolute Gasteiger partial charge is 0.274 e. The molecule has 0 saturated carbocycles. The van der Waals surface area contributed by atoms with Crippen molar-refractivity contribution in [3.63, 3.8) is 0 Å². The average molecular weight is 434 g/mol. The summed E-state index contributed by atoms with van der Waals surface area (Å²) in [6.07, 6.45) is -0.261. The van der Waals surface area contributed by atoms with E-state index >= 15 is 0 Å². The summed E-state index contributed by atoms with van der Waals surface area (Å²) in [6, 6.07) is 13.2. The van der Waals surface area contributed by atoms with Gasteiger partial charge in [-0.1, -0.05) is 24.3 Å². The molecule has 4 rings (SSSR count). The maximum Gasteiger partial charge on any atom is 0.274 e. The van der Waals surface area contributed by atoms with Crippen LogP contribution >= 0.6 is 0 Å². The van der Waals surface area contributed by atoms with Gasteiger partial charge in [0.05, 0.1) is 16.4 Å². The van der Waals surface area contributed by atoms with E-state index in [1.54, 1.807) is 31.2 Å². The van der Waals surface area contributed by atoms with E-state index in [0.29, 0.717) is 11.3 Å². The number of rotatable bonds is 5. The van der Waals surface area contributed by atoms with Crippen LogP contribution < -0.4 is 21.5 Å². The molecule has 2 heterocycles. The lowest BCUT2D eigenvalue weighted by Gasteiger charge is -2.23. The summed E-state index contributed by atoms with van der Waals surface area (Å²) in [7, 11) is 0. The Kier molecular flexibility index (Phi) is 5.37. The van der Waals surface area contributed by atoms with E-state index in [1.807, 2.05) is 6.07 Å². The molecule has 4 N–H and O–H groups in total. The number of hydrogen-bond acceptors (Lipinski definition) is 7. The number of nitro groups is 1. The summed E-state index contributed by atoms with van der Waals surface area (Å²) in [5, 5.41) is 19.2. The largest absolute Gasteiger partial charge is 0.326 e. The lowest BCUT2D eigenvalue weighted by atomic mass is 9.92. The Morgan fingerprint density at radius 3 is 2.62 bits per heavy atom. The van der Waals surface area contributed by atoms with Gasteiger partial charge in [0.1, 0.15) is 5.82 Å². The zero-order chi connectivity index (χ0) is 22.8. The highest BCUT2D eigenvalue weighted by Gasteiger charge is 2.35. The van der Waals surface area contributed by atoms with E-state index < -0.39 is 28.2 Å². The van der Waals surface area contributed by atoms with Crippen LogP contribution in [0.4, 0.5) is 28.8 Å². The Hall–Kier alpha value is -4.54. The van der Waals surface area contributed by atoms with Gasteiger partial charge in [-0.25, -0.2) is 0 Å². The van der Waals surface area contributed by atoms with Crippen LogP contribution in [0.3, 0.4) is 0 Å². The second-order valence-corrected chi connectivity index (χ2v) is 7.22. The second kappa shape index (κ2) is 8.30. The first-order valence-corrected chi connectivity index (χ1v) is 9.64. The van der Waals surface area contributed by atoms with Gasteiger partial charge in [0.2, 0.25) is 17.8 Å². The lowest BCUT2D eigenvalue weighted by molar-refractivity contribution is -0.385. The molecule has 32 heavy (non-hydrogen) atoms. The Bertz CT molecular complexity index is 1290. The van der Waals surface area contributed by atoms with E-state index in [9.17, 15) is 24.5 Å². The first kappa shape index (κ1) is 20.7. The highest BCUT2D eigenvalue weighted by atomic mass is 16.6. The Morgan fingerprint density at radius 1 is 1.16 bits per heavy atom.